The molecule has 1 saturated heterocycles. The maximum Gasteiger partial charge on any atom is 0.0738 e. The Balaban J connectivity index is 1.59. The summed E-state index contributed by atoms with van der Waals surface area (Å²) in [5.41, 5.74) is 2.13. The number of hydrogen-bond donors (Lipinski definition) is 1. The Labute approximate surface area is 133 Å². The molecule has 1 aromatic heterocycles. The molecule has 2 heterocycles. The Morgan fingerprint density at radius 1 is 1.38 bits per heavy atom. The molecule has 1 aromatic carbocycles. The average molecular weight is 326 g/mol. The van der Waals surface area contributed by atoms with Crippen molar-refractivity contribution in [3.8, 4) is 0 Å². The van der Waals surface area contributed by atoms with Crippen LogP contribution >= 0.6 is 23.2 Å². The van der Waals surface area contributed by atoms with Crippen LogP contribution in [0.5, 0.6) is 0 Å². The number of rotatable bonds is 4. The van der Waals surface area contributed by atoms with Gasteiger partial charge in [0.05, 0.1) is 22.6 Å². The smallest absolute Gasteiger partial charge is 0.0738 e. The number of nitrogens with one attached hydrogen (secondary N) is 1. The molecule has 1 unspecified atom stereocenters. The van der Waals surface area contributed by atoms with Crippen molar-refractivity contribution < 1.29 is 0 Å². The largest absolute Gasteiger partial charge is 0.369 e. The molecule has 0 radical (unpaired) electrons. The second kappa shape index (κ2) is 6.22. The van der Waals surface area contributed by atoms with Crippen molar-refractivity contribution >= 4 is 28.9 Å². The van der Waals surface area contributed by atoms with Gasteiger partial charge in [0.2, 0.25) is 0 Å². The molecule has 0 aliphatic carbocycles. The van der Waals surface area contributed by atoms with Crippen LogP contribution < -0.4 is 10.2 Å². The zero-order valence-electron chi connectivity index (χ0n) is 11.8. The lowest BCUT2D eigenvalue weighted by atomic mass is 10.2. The topological polar surface area (TPSA) is 46.0 Å². The van der Waals surface area contributed by atoms with Crippen LogP contribution in [-0.4, -0.2) is 34.1 Å². The second-order valence-corrected chi connectivity index (χ2v) is 6.10. The fourth-order valence-corrected chi connectivity index (χ4v) is 3.13. The van der Waals surface area contributed by atoms with E-state index in [-0.39, 0.29) is 0 Å². The van der Waals surface area contributed by atoms with Crippen LogP contribution in [-0.2, 0) is 13.6 Å². The third-order valence-electron chi connectivity index (χ3n) is 3.82. The standard InChI is InChI=1S/C14H17Cl2N5/c1-20-12(8-18-19-20)7-17-11-4-5-21(9-11)14-3-2-10(15)6-13(14)16/h2-3,6,8,11,17H,4-5,7,9H2,1H3. The molecule has 1 N–H and O–H groups in total. The zero-order valence-corrected chi connectivity index (χ0v) is 13.3. The minimum Gasteiger partial charge on any atom is -0.369 e. The summed E-state index contributed by atoms with van der Waals surface area (Å²) in [5.74, 6) is 0. The van der Waals surface area contributed by atoms with Gasteiger partial charge in [-0.3, -0.25) is 4.68 Å². The van der Waals surface area contributed by atoms with Crippen molar-refractivity contribution in [2.45, 2.75) is 19.0 Å². The van der Waals surface area contributed by atoms with Crippen LogP contribution in [0.3, 0.4) is 0 Å². The molecule has 1 fully saturated rings. The first-order valence-corrected chi connectivity index (χ1v) is 7.66. The number of halogens is 2. The normalized spacial score (nSPS) is 18.4. The fourth-order valence-electron chi connectivity index (χ4n) is 2.60. The van der Waals surface area contributed by atoms with E-state index in [0.717, 1.165) is 37.4 Å². The van der Waals surface area contributed by atoms with Gasteiger partial charge in [0.1, 0.15) is 0 Å². The quantitative estimate of drug-likeness (QED) is 0.938. The van der Waals surface area contributed by atoms with Crippen LogP contribution in [0.15, 0.2) is 24.4 Å². The highest BCUT2D eigenvalue weighted by Crippen LogP contribution is 2.31. The maximum absolute atomic E-state index is 6.27. The summed E-state index contributed by atoms with van der Waals surface area (Å²) < 4.78 is 1.79. The van der Waals surface area contributed by atoms with E-state index in [1.807, 2.05) is 19.2 Å². The molecule has 0 spiro atoms. The summed E-state index contributed by atoms with van der Waals surface area (Å²) in [6, 6.07) is 6.09. The molecular weight excluding hydrogens is 309 g/mol. The van der Waals surface area contributed by atoms with Crippen molar-refractivity contribution in [3.05, 3.63) is 40.1 Å². The Kier molecular flexibility index (Phi) is 4.33. The molecule has 5 nitrogen and oxygen atoms in total. The summed E-state index contributed by atoms with van der Waals surface area (Å²) in [4.78, 5) is 2.29. The van der Waals surface area contributed by atoms with Gasteiger partial charge < -0.3 is 10.2 Å². The molecule has 0 bridgehead atoms. The van der Waals surface area contributed by atoms with E-state index in [9.17, 15) is 0 Å². The van der Waals surface area contributed by atoms with Crippen LogP contribution in [0, 0.1) is 0 Å². The summed E-state index contributed by atoms with van der Waals surface area (Å²) in [5, 5.41) is 12.7. The Morgan fingerprint density at radius 2 is 2.24 bits per heavy atom. The molecule has 0 saturated carbocycles. The van der Waals surface area contributed by atoms with Gasteiger partial charge in [-0.2, -0.15) is 0 Å². The van der Waals surface area contributed by atoms with Crippen LogP contribution in [0.1, 0.15) is 12.1 Å². The van der Waals surface area contributed by atoms with E-state index < -0.39 is 0 Å². The predicted molar refractivity (Wildman–Crippen MR) is 84.9 cm³/mol. The molecule has 21 heavy (non-hydrogen) atoms. The zero-order chi connectivity index (χ0) is 14.8. The Morgan fingerprint density at radius 3 is 2.95 bits per heavy atom. The van der Waals surface area contributed by atoms with Crippen molar-refractivity contribution in [1.29, 1.82) is 0 Å². The number of aryl methyl sites for hydroxylation is 1. The van der Waals surface area contributed by atoms with Crippen molar-refractivity contribution in [3.63, 3.8) is 0 Å². The molecule has 2 aromatic rings. The van der Waals surface area contributed by atoms with E-state index in [1.165, 1.54) is 0 Å². The van der Waals surface area contributed by atoms with E-state index in [2.05, 4.69) is 20.5 Å². The third-order valence-corrected chi connectivity index (χ3v) is 4.36. The van der Waals surface area contributed by atoms with Crippen LogP contribution in [0.2, 0.25) is 10.0 Å². The Bertz CT molecular complexity index is 628. The summed E-state index contributed by atoms with van der Waals surface area (Å²) in [6.07, 6.45) is 2.88. The van der Waals surface area contributed by atoms with E-state index in [1.54, 1.807) is 16.9 Å². The maximum atomic E-state index is 6.27. The van der Waals surface area contributed by atoms with Gasteiger partial charge in [-0.1, -0.05) is 28.4 Å². The van der Waals surface area contributed by atoms with Crippen molar-refractivity contribution in [1.82, 2.24) is 20.3 Å². The summed E-state index contributed by atoms with van der Waals surface area (Å²) in [7, 11) is 1.90. The minimum absolute atomic E-state index is 0.437. The monoisotopic (exact) mass is 325 g/mol. The first-order valence-electron chi connectivity index (χ1n) is 6.90. The van der Waals surface area contributed by atoms with E-state index >= 15 is 0 Å². The van der Waals surface area contributed by atoms with Gasteiger partial charge in [0.25, 0.3) is 0 Å². The SMILES string of the molecule is Cn1nncc1CNC1CCN(c2ccc(Cl)cc2Cl)C1. The average Bonchev–Trinajstić information content (AvgIpc) is 3.05. The summed E-state index contributed by atoms with van der Waals surface area (Å²) >= 11 is 12.2. The molecular formula is C14H17Cl2N5. The number of hydrogen-bond acceptors (Lipinski definition) is 4. The van der Waals surface area contributed by atoms with Gasteiger partial charge in [-0.15, -0.1) is 5.10 Å². The molecule has 3 rings (SSSR count). The highest BCUT2D eigenvalue weighted by Gasteiger charge is 2.23. The van der Waals surface area contributed by atoms with Gasteiger partial charge in [-0.25, -0.2) is 0 Å². The predicted octanol–water partition coefficient (Wildman–Crippen LogP) is 2.49. The van der Waals surface area contributed by atoms with Crippen LogP contribution in [0.25, 0.3) is 0 Å². The minimum atomic E-state index is 0.437. The first kappa shape index (κ1) is 14.6. The molecule has 7 heteroatoms. The molecule has 112 valence electrons. The van der Waals surface area contributed by atoms with Crippen molar-refractivity contribution in [2.75, 3.05) is 18.0 Å². The number of anilines is 1. The van der Waals surface area contributed by atoms with E-state index in [4.69, 9.17) is 23.2 Å². The molecule has 0 amide bonds. The number of nitrogens with zero attached hydrogens (tertiary/aromatic N) is 4. The van der Waals surface area contributed by atoms with Gasteiger partial charge in [-0.05, 0) is 24.6 Å². The molecule has 1 aliphatic rings. The highest BCUT2D eigenvalue weighted by atomic mass is 35.5. The fraction of sp³-hybridized carbons (Fsp3) is 0.429. The van der Waals surface area contributed by atoms with E-state index in [0.29, 0.717) is 16.1 Å². The van der Waals surface area contributed by atoms with Gasteiger partial charge in [0.15, 0.2) is 0 Å². The lowest BCUT2D eigenvalue weighted by molar-refractivity contribution is 0.529. The van der Waals surface area contributed by atoms with Gasteiger partial charge >= 0.3 is 0 Å². The second-order valence-electron chi connectivity index (χ2n) is 5.26. The van der Waals surface area contributed by atoms with Crippen molar-refractivity contribution in [2.24, 2.45) is 7.05 Å². The third kappa shape index (κ3) is 3.31. The number of benzene rings is 1. The molecule has 1 aliphatic heterocycles. The highest BCUT2D eigenvalue weighted by molar-refractivity contribution is 6.36. The molecule has 1 atom stereocenters. The number of aromatic nitrogens is 3. The lowest BCUT2D eigenvalue weighted by Gasteiger charge is -2.20. The van der Waals surface area contributed by atoms with Gasteiger partial charge in [0, 0.05) is 37.7 Å². The Hall–Kier alpha value is -1.30. The first-order chi connectivity index (χ1) is 10.1. The summed E-state index contributed by atoms with van der Waals surface area (Å²) in [6.45, 7) is 2.70. The lowest BCUT2D eigenvalue weighted by Crippen LogP contribution is -2.32. The van der Waals surface area contributed by atoms with Crippen LogP contribution in [0.4, 0.5) is 5.69 Å².